The molecule has 0 aliphatic carbocycles. The van der Waals surface area contributed by atoms with E-state index in [9.17, 15) is 13.2 Å². The zero-order valence-electron chi connectivity index (χ0n) is 13.3. The Hall–Kier alpha value is -1.89. The number of hydrogen-bond acceptors (Lipinski definition) is 3. The molecule has 2 aromatic rings. The summed E-state index contributed by atoms with van der Waals surface area (Å²) in [7, 11) is -3.82. The van der Waals surface area contributed by atoms with Crippen LogP contribution in [0.3, 0.4) is 0 Å². The van der Waals surface area contributed by atoms with Gasteiger partial charge in [0.05, 0.1) is 11.4 Å². The van der Waals surface area contributed by atoms with Crippen molar-refractivity contribution in [1.29, 1.82) is 0 Å². The zero-order valence-corrected chi connectivity index (χ0v) is 14.8. The van der Waals surface area contributed by atoms with Gasteiger partial charge in [0.25, 0.3) is 0 Å². The first kappa shape index (κ1) is 18.4. The Morgan fingerprint density at radius 1 is 1.08 bits per heavy atom. The molecule has 2 aromatic carbocycles. The van der Waals surface area contributed by atoms with E-state index in [0.717, 1.165) is 9.87 Å². The van der Waals surface area contributed by atoms with E-state index in [-0.39, 0.29) is 23.9 Å². The second kappa shape index (κ2) is 8.28. The number of amides is 1. The number of rotatable bonds is 7. The maximum absolute atomic E-state index is 12.9. The van der Waals surface area contributed by atoms with Gasteiger partial charge in [-0.05, 0) is 36.8 Å². The number of benzene rings is 2. The van der Waals surface area contributed by atoms with Crippen molar-refractivity contribution < 1.29 is 13.2 Å². The summed E-state index contributed by atoms with van der Waals surface area (Å²) in [6.07, 6.45) is 0. The molecule has 0 unspecified atom stereocenters. The molecule has 0 heterocycles. The second-order valence-electron chi connectivity index (χ2n) is 5.17. The molecule has 0 spiro atoms. The van der Waals surface area contributed by atoms with Gasteiger partial charge in [-0.3, -0.25) is 4.79 Å². The largest absolute Gasteiger partial charge is 0.355 e. The van der Waals surface area contributed by atoms with Gasteiger partial charge in [-0.15, -0.1) is 0 Å². The van der Waals surface area contributed by atoms with Crippen LogP contribution in [0.15, 0.2) is 59.5 Å². The van der Waals surface area contributed by atoms with Crippen molar-refractivity contribution in [1.82, 2.24) is 9.62 Å². The van der Waals surface area contributed by atoms with Crippen molar-refractivity contribution >= 4 is 27.5 Å². The molecule has 0 saturated heterocycles. The maximum Gasteiger partial charge on any atom is 0.243 e. The Morgan fingerprint density at radius 3 is 2.29 bits per heavy atom. The van der Waals surface area contributed by atoms with E-state index < -0.39 is 10.0 Å². The number of sulfonamides is 1. The SMILES string of the molecule is CCNC(=O)CN(Cc1ccccc1)S(=O)(=O)c1ccc(Cl)cc1. The van der Waals surface area contributed by atoms with Crippen molar-refractivity contribution in [3.05, 3.63) is 65.2 Å². The molecule has 1 amide bonds. The summed E-state index contributed by atoms with van der Waals surface area (Å²) in [5, 5.41) is 3.08. The Morgan fingerprint density at radius 2 is 1.71 bits per heavy atom. The summed E-state index contributed by atoms with van der Waals surface area (Å²) in [5.74, 6) is -0.342. The predicted molar refractivity (Wildman–Crippen MR) is 94.2 cm³/mol. The van der Waals surface area contributed by atoms with E-state index in [1.54, 1.807) is 6.92 Å². The molecular formula is C17H19ClN2O3S. The highest BCUT2D eigenvalue weighted by Gasteiger charge is 2.26. The van der Waals surface area contributed by atoms with Crippen LogP contribution in [0.5, 0.6) is 0 Å². The van der Waals surface area contributed by atoms with Crippen LogP contribution in [-0.2, 0) is 21.4 Å². The standard InChI is InChI=1S/C17H19ClN2O3S/c1-2-19-17(21)13-20(12-14-6-4-3-5-7-14)24(22,23)16-10-8-15(18)9-11-16/h3-11H,2,12-13H2,1H3,(H,19,21). The third-order valence-electron chi connectivity index (χ3n) is 3.35. The summed E-state index contributed by atoms with van der Waals surface area (Å²) in [6, 6.07) is 15.1. The quantitative estimate of drug-likeness (QED) is 0.819. The van der Waals surface area contributed by atoms with Crippen LogP contribution in [-0.4, -0.2) is 31.7 Å². The smallest absolute Gasteiger partial charge is 0.243 e. The first-order valence-electron chi connectivity index (χ1n) is 7.50. The molecule has 0 aliphatic rings. The van der Waals surface area contributed by atoms with Gasteiger partial charge >= 0.3 is 0 Å². The van der Waals surface area contributed by atoms with Crippen molar-refractivity contribution in [2.45, 2.75) is 18.4 Å². The molecule has 0 bridgehead atoms. The normalized spacial score (nSPS) is 11.5. The minimum Gasteiger partial charge on any atom is -0.355 e. The van der Waals surface area contributed by atoms with Crippen LogP contribution in [0, 0.1) is 0 Å². The maximum atomic E-state index is 12.9. The Balaban J connectivity index is 2.32. The van der Waals surface area contributed by atoms with Crippen molar-refractivity contribution in [2.75, 3.05) is 13.1 Å². The van der Waals surface area contributed by atoms with Gasteiger partial charge in [-0.1, -0.05) is 41.9 Å². The van der Waals surface area contributed by atoms with Crippen molar-refractivity contribution in [3.8, 4) is 0 Å². The molecule has 0 saturated carbocycles. The number of likely N-dealkylation sites (N-methyl/N-ethyl adjacent to an activating group) is 1. The van der Waals surface area contributed by atoms with E-state index >= 15 is 0 Å². The van der Waals surface area contributed by atoms with Crippen LogP contribution >= 0.6 is 11.6 Å². The van der Waals surface area contributed by atoms with Crippen LogP contribution < -0.4 is 5.32 Å². The lowest BCUT2D eigenvalue weighted by Crippen LogP contribution is -2.40. The monoisotopic (exact) mass is 366 g/mol. The average molecular weight is 367 g/mol. The molecule has 7 heteroatoms. The van der Waals surface area contributed by atoms with Gasteiger partial charge in [-0.25, -0.2) is 8.42 Å². The molecule has 128 valence electrons. The molecule has 0 fully saturated rings. The fourth-order valence-corrected chi connectivity index (χ4v) is 3.69. The van der Waals surface area contributed by atoms with Gasteiger partial charge in [0.15, 0.2) is 0 Å². The molecule has 5 nitrogen and oxygen atoms in total. The first-order valence-corrected chi connectivity index (χ1v) is 9.31. The third kappa shape index (κ3) is 4.80. The summed E-state index contributed by atoms with van der Waals surface area (Å²) in [5.41, 5.74) is 0.805. The van der Waals surface area contributed by atoms with E-state index in [1.807, 2.05) is 30.3 Å². The fourth-order valence-electron chi connectivity index (χ4n) is 2.18. The summed E-state index contributed by atoms with van der Waals surface area (Å²) in [6.45, 7) is 2.10. The Kier molecular flexibility index (Phi) is 6.36. The number of carbonyl (C=O) groups is 1. The molecule has 0 aromatic heterocycles. The summed E-state index contributed by atoms with van der Waals surface area (Å²) >= 11 is 5.82. The van der Waals surface area contributed by atoms with Gasteiger partial charge in [0, 0.05) is 18.1 Å². The molecule has 0 atom stereocenters. The third-order valence-corrected chi connectivity index (χ3v) is 5.40. The topological polar surface area (TPSA) is 66.5 Å². The van der Waals surface area contributed by atoms with Crippen LogP contribution in [0.25, 0.3) is 0 Å². The lowest BCUT2D eigenvalue weighted by molar-refractivity contribution is -0.121. The molecule has 2 rings (SSSR count). The van der Waals surface area contributed by atoms with E-state index in [2.05, 4.69) is 5.32 Å². The predicted octanol–water partition coefficient (Wildman–Crippen LogP) is 2.67. The van der Waals surface area contributed by atoms with Gasteiger partial charge in [0.2, 0.25) is 15.9 Å². The highest BCUT2D eigenvalue weighted by atomic mass is 35.5. The van der Waals surface area contributed by atoms with Crippen LogP contribution in [0.2, 0.25) is 5.02 Å². The average Bonchev–Trinajstić information content (AvgIpc) is 2.56. The first-order chi connectivity index (χ1) is 11.4. The summed E-state index contributed by atoms with van der Waals surface area (Å²) < 4.78 is 26.9. The highest BCUT2D eigenvalue weighted by Crippen LogP contribution is 2.20. The number of nitrogens with zero attached hydrogens (tertiary/aromatic N) is 1. The lowest BCUT2D eigenvalue weighted by atomic mass is 10.2. The van der Waals surface area contributed by atoms with E-state index in [1.165, 1.54) is 24.3 Å². The molecular weight excluding hydrogens is 348 g/mol. The minimum absolute atomic E-state index is 0.104. The lowest BCUT2D eigenvalue weighted by Gasteiger charge is -2.22. The van der Waals surface area contributed by atoms with Crippen molar-refractivity contribution in [2.24, 2.45) is 0 Å². The van der Waals surface area contributed by atoms with Gasteiger partial charge < -0.3 is 5.32 Å². The number of halogens is 1. The highest BCUT2D eigenvalue weighted by molar-refractivity contribution is 7.89. The minimum atomic E-state index is -3.82. The van der Waals surface area contributed by atoms with Gasteiger partial charge in [0.1, 0.15) is 0 Å². The molecule has 1 N–H and O–H groups in total. The van der Waals surface area contributed by atoms with E-state index in [4.69, 9.17) is 11.6 Å². The Labute approximate surface area is 147 Å². The van der Waals surface area contributed by atoms with Crippen LogP contribution in [0.1, 0.15) is 12.5 Å². The second-order valence-corrected chi connectivity index (χ2v) is 7.54. The molecule has 0 aliphatic heterocycles. The fraction of sp³-hybridized carbons (Fsp3) is 0.235. The zero-order chi connectivity index (χ0) is 17.6. The number of carbonyl (C=O) groups excluding carboxylic acids is 1. The van der Waals surface area contributed by atoms with Crippen molar-refractivity contribution in [3.63, 3.8) is 0 Å². The number of nitrogens with one attached hydrogen (secondary N) is 1. The molecule has 24 heavy (non-hydrogen) atoms. The van der Waals surface area contributed by atoms with E-state index in [0.29, 0.717) is 11.6 Å². The molecule has 0 radical (unpaired) electrons. The number of hydrogen-bond donors (Lipinski definition) is 1. The summed E-state index contributed by atoms with van der Waals surface area (Å²) in [4.78, 5) is 12.0. The van der Waals surface area contributed by atoms with Crippen LogP contribution in [0.4, 0.5) is 0 Å². The Bertz CT molecular complexity index is 777. The van der Waals surface area contributed by atoms with Gasteiger partial charge in [-0.2, -0.15) is 4.31 Å².